The van der Waals surface area contributed by atoms with Gasteiger partial charge >= 0.3 is 25.1 Å². The van der Waals surface area contributed by atoms with Crippen molar-refractivity contribution in [1.82, 2.24) is 25.3 Å². The highest BCUT2D eigenvalue weighted by atomic mass is 35.5. The van der Waals surface area contributed by atoms with Crippen molar-refractivity contribution in [3.63, 3.8) is 0 Å². The number of hydrogen-bond donors (Lipinski definition) is 7. The van der Waals surface area contributed by atoms with Crippen LogP contribution in [-0.4, -0.2) is 115 Å². The van der Waals surface area contributed by atoms with E-state index in [0.29, 0.717) is 18.9 Å². The van der Waals surface area contributed by atoms with Gasteiger partial charge in [-0.2, -0.15) is 0 Å². The summed E-state index contributed by atoms with van der Waals surface area (Å²) >= 11 is 12.3. The molecule has 2 atom stereocenters. The molecule has 0 radical (unpaired) electrons. The molecule has 2 saturated heterocycles. The maximum absolute atomic E-state index is 14.7. The number of likely N-dealkylation sites (tertiary alicyclic amines) is 1. The number of halogens is 4. The predicted octanol–water partition coefficient (Wildman–Crippen LogP) is 3.02. The van der Waals surface area contributed by atoms with E-state index in [1.807, 2.05) is 0 Å². The zero-order valence-electron chi connectivity index (χ0n) is 27.8. The number of rotatable bonds is 7. The maximum atomic E-state index is 14.7. The monoisotopic (exact) mass is 791 g/mol. The Morgan fingerprint density at radius 3 is 2.33 bits per heavy atom. The maximum Gasteiger partial charge on any atom is 0.547 e. The van der Waals surface area contributed by atoms with Gasteiger partial charge in [-0.05, 0) is 49.1 Å². The topological polar surface area (TPSA) is 230 Å². The van der Waals surface area contributed by atoms with Crippen molar-refractivity contribution >= 4 is 60.2 Å². The molecule has 0 spiro atoms. The van der Waals surface area contributed by atoms with E-state index in [0.717, 1.165) is 11.0 Å². The van der Waals surface area contributed by atoms with Crippen LogP contribution >= 0.6 is 23.2 Å². The Kier molecular flexibility index (Phi) is 10.7. The number of fused-ring (bicyclic) bond motifs is 1. The van der Waals surface area contributed by atoms with Crippen LogP contribution in [0.1, 0.15) is 50.7 Å². The van der Waals surface area contributed by atoms with Gasteiger partial charge in [-0.3, -0.25) is 9.59 Å². The lowest BCUT2D eigenvalue weighted by atomic mass is 9.72. The van der Waals surface area contributed by atoms with E-state index < -0.39 is 94.0 Å². The summed E-state index contributed by atoms with van der Waals surface area (Å²) in [4.78, 5) is 69.4. The molecule has 6 amide bonds. The van der Waals surface area contributed by atoms with Gasteiger partial charge in [0.1, 0.15) is 28.9 Å². The van der Waals surface area contributed by atoms with Gasteiger partial charge < -0.3 is 50.5 Å². The number of nitrogens with zero attached hydrogens (tertiary/aromatic N) is 3. The first-order valence-electron chi connectivity index (χ1n) is 16.3. The van der Waals surface area contributed by atoms with Gasteiger partial charge in [-0.25, -0.2) is 28.1 Å². The number of aromatic carboxylic acids is 1. The predicted molar refractivity (Wildman–Crippen MR) is 184 cm³/mol. The van der Waals surface area contributed by atoms with E-state index >= 15 is 0 Å². The van der Waals surface area contributed by atoms with E-state index in [1.54, 1.807) is 0 Å². The number of carbonyl (C=O) groups excluding carboxylic acids is 4. The number of carbonyl (C=O) groups is 5. The van der Waals surface area contributed by atoms with E-state index in [4.69, 9.17) is 27.9 Å². The molecule has 0 bridgehead atoms. The standard InChI is InChI=1S/C33H30BCl2F2N5O11/c35-23-16(2-1-3-20(23)44)30(48)41-8-6-15(7-9-41)42-10-11-43(33(42)52)32(51)40-25(17-13-19(38)26(45)27(46)24(17)36)29(47)39-21-12-14-4-5-18(37)22(31(49)50)28(14)54-34(21)53/h1-5,13,15,21,25,44-46,53H,6-12H2,(H,39,47)(H,40,51)(H,49,50)/t21-,25?/m0/s1. The lowest BCUT2D eigenvalue weighted by Gasteiger charge is -2.36. The van der Waals surface area contributed by atoms with Crippen LogP contribution in [0.2, 0.25) is 10.0 Å². The number of hydrogen-bond acceptors (Lipinski definition) is 10. The van der Waals surface area contributed by atoms with Gasteiger partial charge in [0.05, 0.1) is 21.5 Å². The summed E-state index contributed by atoms with van der Waals surface area (Å²) in [6, 6.07) is 2.70. The number of amides is 6. The average Bonchev–Trinajstić information content (AvgIpc) is 3.53. The first kappa shape index (κ1) is 38.2. The fourth-order valence-corrected chi connectivity index (χ4v) is 7.12. The molecule has 7 N–H and O–H groups in total. The summed E-state index contributed by atoms with van der Waals surface area (Å²) in [6.07, 6.45) is 0.383. The molecule has 0 aromatic heterocycles. The summed E-state index contributed by atoms with van der Waals surface area (Å²) < 4.78 is 34.2. The van der Waals surface area contributed by atoms with E-state index in [2.05, 4.69) is 10.6 Å². The highest BCUT2D eigenvalue weighted by Gasteiger charge is 2.43. The van der Waals surface area contributed by atoms with E-state index in [1.165, 1.54) is 34.1 Å². The van der Waals surface area contributed by atoms with Crippen LogP contribution in [0.15, 0.2) is 36.4 Å². The zero-order valence-corrected chi connectivity index (χ0v) is 29.3. The van der Waals surface area contributed by atoms with Crippen LogP contribution in [0.5, 0.6) is 23.0 Å². The van der Waals surface area contributed by atoms with Gasteiger partial charge in [0.15, 0.2) is 17.3 Å². The van der Waals surface area contributed by atoms with Crippen molar-refractivity contribution in [3.8, 4) is 23.0 Å². The highest BCUT2D eigenvalue weighted by molar-refractivity contribution is 6.47. The Morgan fingerprint density at radius 1 is 0.944 bits per heavy atom. The number of phenols is 3. The van der Waals surface area contributed by atoms with Crippen molar-refractivity contribution in [2.75, 3.05) is 26.2 Å². The third-order valence-corrected chi connectivity index (χ3v) is 10.3. The van der Waals surface area contributed by atoms with Gasteiger partial charge in [0.2, 0.25) is 5.91 Å². The Balaban J connectivity index is 1.17. The Hall–Kier alpha value is -5.53. The van der Waals surface area contributed by atoms with Crippen molar-refractivity contribution in [2.24, 2.45) is 0 Å². The van der Waals surface area contributed by atoms with Crippen LogP contribution in [0.4, 0.5) is 18.4 Å². The minimum atomic E-state index is -1.97. The van der Waals surface area contributed by atoms with Crippen LogP contribution in [0, 0.1) is 11.6 Å². The molecule has 6 rings (SSSR count). The quantitative estimate of drug-likeness (QED) is 0.136. The second-order valence-electron chi connectivity index (χ2n) is 12.7. The van der Waals surface area contributed by atoms with E-state index in [9.17, 15) is 58.2 Å². The molecule has 3 aromatic rings. The third-order valence-electron chi connectivity index (χ3n) is 9.48. The molecule has 3 aromatic carbocycles. The number of imide groups is 1. The number of carboxylic acid groups (broad SMARTS) is 1. The molecule has 3 aliphatic rings. The van der Waals surface area contributed by atoms with Gasteiger partial charge in [0.25, 0.3) is 5.91 Å². The summed E-state index contributed by atoms with van der Waals surface area (Å²) in [7, 11) is -1.94. The molecular weight excluding hydrogens is 762 g/mol. The Morgan fingerprint density at radius 2 is 1.65 bits per heavy atom. The van der Waals surface area contributed by atoms with Crippen LogP contribution in [-0.2, 0) is 11.2 Å². The lowest BCUT2D eigenvalue weighted by Crippen LogP contribution is -2.56. The molecule has 16 nitrogen and oxygen atoms in total. The van der Waals surface area contributed by atoms with Gasteiger partial charge in [-0.1, -0.05) is 35.3 Å². The van der Waals surface area contributed by atoms with E-state index in [-0.39, 0.29) is 60.5 Å². The lowest BCUT2D eigenvalue weighted by molar-refractivity contribution is -0.123. The molecule has 0 aliphatic carbocycles. The fraction of sp³-hybridized carbons (Fsp3) is 0.303. The second kappa shape index (κ2) is 15.1. The Bertz CT molecular complexity index is 2070. The summed E-state index contributed by atoms with van der Waals surface area (Å²) in [5.41, 5.74) is -1.18. The zero-order chi connectivity index (χ0) is 39.2. The fourth-order valence-electron chi connectivity index (χ4n) is 6.66. The average molecular weight is 792 g/mol. The molecule has 3 heterocycles. The van der Waals surface area contributed by atoms with Gasteiger partial charge in [0, 0.05) is 37.8 Å². The normalized spacial score (nSPS) is 17.9. The molecular formula is C33H30BCl2F2N5O11. The number of aromatic hydroxyl groups is 3. The molecule has 21 heteroatoms. The van der Waals surface area contributed by atoms with Crippen LogP contribution in [0.25, 0.3) is 0 Å². The number of piperidine rings is 1. The van der Waals surface area contributed by atoms with Crippen LogP contribution < -0.4 is 15.3 Å². The Labute approximate surface area is 314 Å². The minimum Gasteiger partial charge on any atom is -0.534 e. The largest absolute Gasteiger partial charge is 0.547 e. The SMILES string of the molecule is O=C(O)c1c(F)ccc2c1OB(O)[C@@H](NC(=O)C(NC(=O)N1CCN(C3CCN(C(=O)c4cccc(O)c4Cl)CC3)C1=O)c1cc(F)c(O)c(O)c1Cl)C2. The number of benzene rings is 3. The number of nitrogens with one attached hydrogen (secondary N) is 2. The first-order valence-corrected chi connectivity index (χ1v) is 17.1. The minimum absolute atomic E-state index is 0.0828. The molecule has 1 unspecified atom stereocenters. The summed E-state index contributed by atoms with van der Waals surface area (Å²) in [5, 5.41) is 54.0. The smallest absolute Gasteiger partial charge is 0.534 e. The first-order chi connectivity index (χ1) is 25.6. The molecule has 54 heavy (non-hydrogen) atoms. The van der Waals surface area contributed by atoms with Gasteiger partial charge in [-0.15, -0.1) is 0 Å². The highest BCUT2D eigenvalue weighted by Crippen LogP contribution is 2.41. The molecule has 284 valence electrons. The van der Waals surface area contributed by atoms with Crippen LogP contribution in [0.3, 0.4) is 0 Å². The molecule has 0 saturated carbocycles. The molecule has 2 fully saturated rings. The summed E-state index contributed by atoms with van der Waals surface area (Å²) in [5.74, 6) is -10.2. The number of carboxylic acids is 1. The van der Waals surface area contributed by atoms with Crippen molar-refractivity contribution < 1.29 is 62.9 Å². The third kappa shape index (κ3) is 7.08. The van der Waals surface area contributed by atoms with Crippen molar-refractivity contribution in [3.05, 3.63) is 80.3 Å². The number of phenolic OH excluding ortho intramolecular Hbond substituents is 3. The van der Waals surface area contributed by atoms with Crippen molar-refractivity contribution in [2.45, 2.75) is 37.3 Å². The second-order valence-corrected chi connectivity index (χ2v) is 13.4. The van der Waals surface area contributed by atoms with Crippen molar-refractivity contribution in [1.29, 1.82) is 0 Å². The molecule has 3 aliphatic heterocycles. The summed E-state index contributed by atoms with van der Waals surface area (Å²) in [6.45, 7) is 0.402. The number of urea groups is 2.